The predicted octanol–water partition coefficient (Wildman–Crippen LogP) is 1.83. The standard InChI is InChI=1S/C18H27N3O/c1-14-5-2-3-6-15(14)13-21-11-8-16(9-12-21)20-18(22)17-7-4-10-19-17/h2-3,5-6,16-17,19H,4,7-13H2,1H3,(H,20,22). The molecule has 1 amide bonds. The second-order valence-electron chi connectivity index (χ2n) is 6.63. The summed E-state index contributed by atoms with van der Waals surface area (Å²) in [6.45, 7) is 6.32. The van der Waals surface area contributed by atoms with Gasteiger partial charge in [-0.1, -0.05) is 24.3 Å². The van der Waals surface area contributed by atoms with Crippen LogP contribution >= 0.6 is 0 Å². The Morgan fingerprint density at radius 1 is 1.27 bits per heavy atom. The first-order chi connectivity index (χ1) is 10.7. The molecule has 0 radical (unpaired) electrons. The molecule has 4 heteroatoms. The van der Waals surface area contributed by atoms with Gasteiger partial charge in [-0.15, -0.1) is 0 Å². The Balaban J connectivity index is 1.44. The van der Waals surface area contributed by atoms with Gasteiger partial charge in [0.2, 0.25) is 5.91 Å². The number of hydrogen-bond acceptors (Lipinski definition) is 3. The first-order valence-electron chi connectivity index (χ1n) is 8.53. The summed E-state index contributed by atoms with van der Waals surface area (Å²) in [5.41, 5.74) is 2.78. The largest absolute Gasteiger partial charge is 0.352 e. The van der Waals surface area contributed by atoms with Crippen molar-refractivity contribution in [1.29, 1.82) is 0 Å². The van der Waals surface area contributed by atoms with Crippen LogP contribution in [0.1, 0.15) is 36.8 Å². The van der Waals surface area contributed by atoms with Crippen molar-refractivity contribution < 1.29 is 4.79 Å². The van der Waals surface area contributed by atoms with E-state index in [1.54, 1.807) is 0 Å². The van der Waals surface area contributed by atoms with Gasteiger partial charge in [0.1, 0.15) is 0 Å². The minimum atomic E-state index is 0.0463. The second kappa shape index (κ2) is 7.25. The van der Waals surface area contributed by atoms with Crippen LogP contribution in [0.2, 0.25) is 0 Å². The number of carbonyl (C=O) groups excluding carboxylic acids is 1. The maximum absolute atomic E-state index is 12.1. The molecule has 22 heavy (non-hydrogen) atoms. The van der Waals surface area contributed by atoms with Crippen LogP contribution in [0.25, 0.3) is 0 Å². The van der Waals surface area contributed by atoms with E-state index in [1.165, 1.54) is 11.1 Å². The van der Waals surface area contributed by atoms with Crippen molar-refractivity contribution >= 4 is 5.91 Å². The Labute approximate surface area is 133 Å². The molecule has 120 valence electrons. The van der Waals surface area contributed by atoms with Crippen molar-refractivity contribution in [1.82, 2.24) is 15.5 Å². The zero-order valence-corrected chi connectivity index (χ0v) is 13.5. The van der Waals surface area contributed by atoms with Gasteiger partial charge in [-0.25, -0.2) is 0 Å². The number of rotatable bonds is 4. The van der Waals surface area contributed by atoms with Crippen LogP contribution in [0.5, 0.6) is 0 Å². The maximum atomic E-state index is 12.1. The van der Waals surface area contributed by atoms with Crippen molar-refractivity contribution in [3.8, 4) is 0 Å². The fraction of sp³-hybridized carbons (Fsp3) is 0.611. The Morgan fingerprint density at radius 2 is 2.05 bits per heavy atom. The lowest BCUT2D eigenvalue weighted by atomic mass is 10.0. The molecule has 0 aliphatic carbocycles. The quantitative estimate of drug-likeness (QED) is 0.892. The molecule has 1 atom stereocenters. The molecule has 2 saturated heterocycles. The lowest BCUT2D eigenvalue weighted by Gasteiger charge is -2.33. The zero-order chi connectivity index (χ0) is 15.4. The van der Waals surface area contributed by atoms with Crippen LogP contribution in [-0.4, -0.2) is 42.5 Å². The third-order valence-corrected chi connectivity index (χ3v) is 4.97. The molecule has 1 aromatic carbocycles. The molecule has 2 heterocycles. The van der Waals surface area contributed by atoms with Crippen molar-refractivity contribution in [3.63, 3.8) is 0 Å². The van der Waals surface area contributed by atoms with Crippen LogP contribution in [0.4, 0.5) is 0 Å². The summed E-state index contributed by atoms with van der Waals surface area (Å²) in [6.07, 6.45) is 4.22. The highest BCUT2D eigenvalue weighted by atomic mass is 16.2. The van der Waals surface area contributed by atoms with Gasteiger partial charge in [0, 0.05) is 25.7 Å². The highest BCUT2D eigenvalue weighted by molar-refractivity contribution is 5.82. The van der Waals surface area contributed by atoms with E-state index in [0.717, 1.165) is 51.9 Å². The molecule has 2 aliphatic heterocycles. The molecule has 1 aromatic rings. The van der Waals surface area contributed by atoms with Crippen molar-refractivity contribution in [2.45, 2.75) is 51.2 Å². The number of piperidine rings is 1. The smallest absolute Gasteiger partial charge is 0.237 e. The Bertz CT molecular complexity index is 503. The molecule has 3 rings (SSSR count). The lowest BCUT2D eigenvalue weighted by molar-refractivity contribution is -0.123. The van der Waals surface area contributed by atoms with Gasteiger partial charge in [0.05, 0.1) is 6.04 Å². The van der Waals surface area contributed by atoms with Gasteiger partial charge >= 0.3 is 0 Å². The van der Waals surface area contributed by atoms with E-state index in [4.69, 9.17) is 0 Å². The molecule has 1 unspecified atom stereocenters. The topological polar surface area (TPSA) is 44.4 Å². The number of likely N-dealkylation sites (tertiary alicyclic amines) is 1. The molecule has 0 spiro atoms. The minimum absolute atomic E-state index is 0.0463. The Hall–Kier alpha value is -1.39. The van der Waals surface area contributed by atoms with E-state index in [9.17, 15) is 4.79 Å². The summed E-state index contributed by atoms with van der Waals surface area (Å²) < 4.78 is 0. The Kier molecular flexibility index (Phi) is 5.11. The van der Waals surface area contributed by atoms with Gasteiger partial charge < -0.3 is 10.6 Å². The second-order valence-corrected chi connectivity index (χ2v) is 6.63. The number of aryl methyl sites for hydroxylation is 1. The van der Waals surface area contributed by atoms with Crippen LogP contribution in [-0.2, 0) is 11.3 Å². The Morgan fingerprint density at radius 3 is 2.73 bits per heavy atom. The number of nitrogens with one attached hydrogen (secondary N) is 2. The summed E-state index contributed by atoms with van der Waals surface area (Å²) in [5, 5.41) is 6.50. The first-order valence-corrected chi connectivity index (χ1v) is 8.53. The summed E-state index contributed by atoms with van der Waals surface area (Å²) >= 11 is 0. The van der Waals surface area contributed by atoms with Gasteiger partial charge in [0.15, 0.2) is 0 Å². The third kappa shape index (κ3) is 3.87. The van der Waals surface area contributed by atoms with E-state index in [2.05, 4.69) is 46.7 Å². The molecule has 0 saturated carbocycles. The average Bonchev–Trinajstić information content (AvgIpc) is 3.06. The summed E-state index contributed by atoms with van der Waals surface area (Å²) in [4.78, 5) is 14.6. The van der Waals surface area contributed by atoms with Gasteiger partial charge in [-0.2, -0.15) is 0 Å². The average molecular weight is 301 g/mol. The molecular formula is C18H27N3O. The van der Waals surface area contributed by atoms with E-state index < -0.39 is 0 Å². The van der Waals surface area contributed by atoms with Gasteiger partial charge in [-0.3, -0.25) is 9.69 Å². The molecule has 0 bridgehead atoms. The zero-order valence-electron chi connectivity index (χ0n) is 13.5. The highest BCUT2D eigenvalue weighted by Crippen LogP contribution is 2.16. The highest BCUT2D eigenvalue weighted by Gasteiger charge is 2.26. The minimum Gasteiger partial charge on any atom is -0.352 e. The number of benzene rings is 1. The molecule has 4 nitrogen and oxygen atoms in total. The number of nitrogens with zero attached hydrogens (tertiary/aromatic N) is 1. The van der Waals surface area contributed by atoms with Crippen molar-refractivity contribution in [2.24, 2.45) is 0 Å². The summed E-state index contributed by atoms with van der Waals surface area (Å²) in [5.74, 6) is 0.204. The van der Waals surface area contributed by atoms with E-state index in [-0.39, 0.29) is 11.9 Å². The van der Waals surface area contributed by atoms with Crippen LogP contribution < -0.4 is 10.6 Å². The summed E-state index contributed by atoms with van der Waals surface area (Å²) in [7, 11) is 0. The summed E-state index contributed by atoms with van der Waals surface area (Å²) in [6, 6.07) is 9.00. The van der Waals surface area contributed by atoms with Crippen LogP contribution in [0, 0.1) is 6.92 Å². The van der Waals surface area contributed by atoms with Crippen molar-refractivity contribution in [2.75, 3.05) is 19.6 Å². The third-order valence-electron chi connectivity index (χ3n) is 4.97. The molecular weight excluding hydrogens is 274 g/mol. The number of carbonyl (C=O) groups is 1. The lowest BCUT2D eigenvalue weighted by Crippen LogP contribution is -2.49. The van der Waals surface area contributed by atoms with E-state index >= 15 is 0 Å². The fourth-order valence-corrected chi connectivity index (χ4v) is 3.47. The van der Waals surface area contributed by atoms with Crippen LogP contribution in [0.15, 0.2) is 24.3 Å². The predicted molar refractivity (Wildman–Crippen MR) is 88.6 cm³/mol. The van der Waals surface area contributed by atoms with E-state index in [0.29, 0.717) is 6.04 Å². The van der Waals surface area contributed by atoms with Gasteiger partial charge in [0.25, 0.3) is 0 Å². The van der Waals surface area contributed by atoms with Crippen LogP contribution in [0.3, 0.4) is 0 Å². The normalized spacial score (nSPS) is 23.6. The molecule has 0 aromatic heterocycles. The van der Waals surface area contributed by atoms with Crippen molar-refractivity contribution in [3.05, 3.63) is 35.4 Å². The molecule has 2 N–H and O–H groups in total. The first kappa shape index (κ1) is 15.5. The number of amides is 1. The maximum Gasteiger partial charge on any atom is 0.237 e. The molecule has 2 fully saturated rings. The van der Waals surface area contributed by atoms with Gasteiger partial charge in [-0.05, 0) is 50.3 Å². The van der Waals surface area contributed by atoms with E-state index in [1.807, 2.05) is 0 Å². The number of hydrogen-bond donors (Lipinski definition) is 2. The molecule has 2 aliphatic rings. The monoisotopic (exact) mass is 301 g/mol. The SMILES string of the molecule is Cc1ccccc1CN1CCC(NC(=O)C2CCCN2)CC1. The fourth-order valence-electron chi connectivity index (χ4n) is 3.47.